The van der Waals surface area contributed by atoms with E-state index in [2.05, 4.69) is 15.4 Å². The van der Waals surface area contributed by atoms with Crippen molar-refractivity contribution in [1.82, 2.24) is 15.4 Å². The van der Waals surface area contributed by atoms with Crippen LogP contribution < -0.4 is 5.73 Å². The molecule has 2 aromatic carbocycles. The first kappa shape index (κ1) is 10.5. The molecular weight excluding hydrogens is 228 g/mol. The largest absolute Gasteiger partial charge is 0.364 e. The molecule has 88 valence electrons. The van der Waals surface area contributed by atoms with Crippen molar-refractivity contribution in [3.63, 3.8) is 0 Å². The van der Waals surface area contributed by atoms with Gasteiger partial charge >= 0.3 is 0 Å². The molecule has 1 heterocycles. The van der Waals surface area contributed by atoms with Gasteiger partial charge in [-0.1, -0.05) is 36.4 Å². The minimum absolute atomic E-state index is 0.158. The third kappa shape index (κ3) is 1.62. The van der Waals surface area contributed by atoms with Crippen molar-refractivity contribution in [2.45, 2.75) is 0 Å². The second-order valence-corrected chi connectivity index (χ2v) is 3.95. The Labute approximate surface area is 103 Å². The number of carbonyl (C=O) groups is 1. The number of primary amides is 1. The molecule has 0 radical (unpaired) electrons. The molecule has 3 aromatic rings. The van der Waals surface area contributed by atoms with Gasteiger partial charge in [0.1, 0.15) is 5.69 Å². The quantitative estimate of drug-likeness (QED) is 0.712. The van der Waals surface area contributed by atoms with E-state index in [1.165, 1.54) is 0 Å². The number of benzene rings is 2. The van der Waals surface area contributed by atoms with Crippen molar-refractivity contribution in [1.29, 1.82) is 0 Å². The van der Waals surface area contributed by atoms with E-state index in [1.807, 2.05) is 42.5 Å². The average Bonchev–Trinajstić information content (AvgIpc) is 2.87. The van der Waals surface area contributed by atoms with Crippen molar-refractivity contribution in [2.75, 3.05) is 0 Å². The third-order valence-corrected chi connectivity index (χ3v) is 2.80. The van der Waals surface area contributed by atoms with Gasteiger partial charge in [-0.2, -0.15) is 15.4 Å². The van der Waals surface area contributed by atoms with Crippen LogP contribution in [0.3, 0.4) is 0 Å². The smallest absolute Gasteiger partial charge is 0.271 e. The zero-order valence-corrected chi connectivity index (χ0v) is 9.42. The SMILES string of the molecule is NC(=O)c1n[nH]nc1-c1ccc2ccccc2c1. The minimum Gasteiger partial charge on any atom is -0.364 e. The number of rotatable bonds is 2. The number of nitrogens with one attached hydrogen (secondary N) is 1. The molecule has 0 aliphatic rings. The summed E-state index contributed by atoms with van der Waals surface area (Å²) in [5.41, 5.74) is 6.70. The molecule has 1 amide bonds. The van der Waals surface area contributed by atoms with Crippen LogP contribution in [0, 0.1) is 0 Å². The van der Waals surface area contributed by atoms with E-state index in [4.69, 9.17) is 5.73 Å². The fourth-order valence-corrected chi connectivity index (χ4v) is 1.94. The lowest BCUT2D eigenvalue weighted by Gasteiger charge is -2.01. The molecule has 5 nitrogen and oxygen atoms in total. The van der Waals surface area contributed by atoms with Crippen molar-refractivity contribution < 1.29 is 4.79 Å². The summed E-state index contributed by atoms with van der Waals surface area (Å²) < 4.78 is 0. The summed E-state index contributed by atoms with van der Waals surface area (Å²) in [6, 6.07) is 13.8. The number of nitrogens with two attached hydrogens (primary N) is 1. The minimum atomic E-state index is -0.591. The number of nitrogens with zero attached hydrogens (tertiary/aromatic N) is 2. The highest BCUT2D eigenvalue weighted by Gasteiger charge is 2.14. The van der Waals surface area contributed by atoms with Crippen LogP contribution in [0.5, 0.6) is 0 Å². The lowest BCUT2D eigenvalue weighted by molar-refractivity contribution is 0.0996. The summed E-state index contributed by atoms with van der Waals surface area (Å²) in [7, 11) is 0. The van der Waals surface area contributed by atoms with E-state index in [0.717, 1.165) is 16.3 Å². The van der Waals surface area contributed by atoms with Crippen LogP contribution in [-0.4, -0.2) is 21.3 Å². The van der Waals surface area contributed by atoms with Crippen molar-refractivity contribution in [3.8, 4) is 11.3 Å². The molecule has 0 fully saturated rings. The maximum atomic E-state index is 11.2. The molecule has 0 bridgehead atoms. The van der Waals surface area contributed by atoms with E-state index in [9.17, 15) is 4.79 Å². The van der Waals surface area contributed by atoms with Crippen molar-refractivity contribution in [2.24, 2.45) is 5.73 Å². The van der Waals surface area contributed by atoms with E-state index < -0.39 is 5.91 Å². The van der Waals surface area contributed by atoms with Crippen LogP contribution in [0.1, 0.15) is 10.5 Å². The molecule has 0 unspecified atom stereocenters. The highest BCUT2D eigenvalue weighted by Crippen LogP contribution is 2.24. The van der Waals surface area contributed by atoms with Crippen molar-refractivity contribution >= 4 is 16.7 Å². The van der Waals surface area contributed by atoms with Crippen LogP contribution in [-0.2, 0) is 0 Å². The Hall–Kier alpha value is -2.69. The lowest BCUT2D eigenvalue weighted by atomic mass is 10.0. The van der Waals surface area contributed by atoms with Gasteiger partial charge in [-0.05, 0) is 16.8 Å². The van der Waals surface area contributed by atoms with E-state index >= 15 is 0 Å². The Morgan fingerprint density at radius 2 is 1.83 bits per heavy atom. The van der Waals surface area contributed by atoms with Gasteiger partial charge in [0.25, 0.3) is 5.91 Å². The van der Waals surface area contributed by atoms with Crippen LogP contribution in [0.4, 0.5) is 0 Å². The van der Waals surface area contributed by atoms with Crippen LogP contribution in [0.25, 0.3) is 22.0 Å². The predicted octanol–water partition coefficient (Wildman–Crippen LogP) is 1.72. The first-order valence-corrected chi connectivity index (χ1v) is 5.45. The Morgan fingerprint density at radius 3 is 2.61 bits per heavy atom. The highest BCUT2D eigenvalue weighted by molar-refractivity contribution is 5.98. The maximum Gasteiger partial charge on any atom is 0.271 e. The molecule has 0 saturated heterocycles. The Morgan fingerprint density at radius 1 is 1.06 bits per heavy atom. The summed E-state index contributed by atoms with van der Waals surface area (Å²) in [5.74, 6) is -0.591. The molecule has 0 aliphatic heterocycles. The maximum absolute atomic E-state index is 11.2. The predicted molar refractivity (Wildman–Crippen MR) is 67.8 cm³/mol. The van der Waals surface area contributed by atoms with Gasteiger partial charge in [-0.3, -0.25) is 4.79 Å². The Kier molecular flexibility index (Phi) is 2.30. The summed E-state index contributed by atoms with van der Waals surface area (Å²) in [4.78, 5) is 11.2. The number of amides is 1. The van der Waals surface area contributed by atoms with E-state index in [0.29, 0.717) is 5.69 Å². The number of fused-ring (bicyclic) bond motifs is 1. The number of hydrogen-bond acceptors (Lipinski definition) is 3. The number of hydrogen-bond donors (Lipinski definition) is 2. The summed E-state index contributed by atoms with van der Waals surface area (Å²) >= 11 is 0. The number of H-pyrrole nitrogens is 1. The molecular formula is C13H10N4O. The molecule has 1 aromatic heterocycles. The van der Waals surface area contributed by atoms with Gasteiger partial charge in [0, 0.05) is 5.56 Å². The molecule has 0 spiro atoms. The summed E-state index contributed by atoms with van der Waals surface area (Å²) in [6.45, 7) is 0. The molecule has 0 saturated carbocycles. The molecule has 18 heavy (non-hydrogen) atoms. The molecule has 0 aliphatic carbocycles. The second kappa shape index (κ2) is 3.96. The van der Waals surface area contributed by atoms with Crippen LogP contribution in [0.2, 0.25) is 0 Å². The van der Waals surface area contributed by atoms with Crippen LogP contribution >= 0.6 is 0 Å². The van der Waals surface area contributed by atoms with Crippen LogP contribution in [0.15, 0.2) is 42.5 Å². The molecule has 5 heteroatoms. The van der Waals surface area contributed by atoms with Gasteiger partial charge in [0.05, 0.1) is 0 Å². The van der Waals surface area contributed by atoms with E-state index in [1.54, 1.807) is 0 Å². The lowest BCUT2D eigenvalue weighted by Crippen LogP contribution is -2.12. The first-order chi connectivity index (χ1) is 8.75. The average molecular weight is 238 g/mol. The van der Waals surface area contributed by atoms with Gasteiger partial charge in [0.15, 0.2) is 5.69 Å². The van der Waals surface area contributed by atoms with Gasteiger partial charge in [0.2, 0.25) is 0 Å². The number of aromatic nitrogens is 3. The topological polar surface area (TPSA) is 84.7 Å². The monoisotopic (exact) mass is 238 g/mol. The molecule has 3 N–H and O–H groups in total. The van der Waals surface area contributed by atoms with E-state index in [-0.39, 0.29) is 5.69 Å². The zero-order chi connectivity index (χ0) is 12.5. The van der Waals surface area contributed by atoms with Gasteiger partial charge in [-0.25, -0.2) is 0 Å². The highest BCUT2D eigenvalue weighted by atomic mass is 16.1. The van der Waals surface area contributed by atoms with Gasteiger partial charge in [-0.15, -0.1) is 0 Å². The van der Waals surface area contributed by atoms with Crippen molar-refractivity contribution in [3.05, 3.63) is 48.2 Å². The third-order valence-electron chi connectivity index (χ3n) is 2.80. The van der Waals surface area contributed by atoms with Gasteiger partial charge < -0.3 is 5.73 Å². The molecule has 0 atom stereocenters. The summed E-state index contributed by atoms with van der Waals surface area (Å²) in [6.07, 6.45) is 0. The summed E-state index contributed by atoms with van der Waals surface area (Å²) in [5, 5.41) is 12.4. The molecule has 3 rings (SSSR count). The first-order valence-electron chi connectivity index (χ1n) is 5.45. The Balaban J connectivity index is 2.19. The second-order valence-electron chi connectivity index (χ2n) is 3.95. The fourth-order valence-electron chi connectivity index (χ4n) is 1.94. The zero-order valence-electron chi connectivity index (χ0n) is 9.42. The number of carbonyl (C=O) groups excluding carboxylic acids is 1. The standard InChI is InChI=1S/C13H10N4O/c14-13(18)12-11(15-17-16-12)10-6-5-8-3-1-2-4-9(8)7-10/h1-7H,(H2,14,18)(H,15,16,17). The fraction of sp³-hybridized carbons (Fsp3) is 0. The normalized spacial score (nSPS) is 10.7. The Bertz CT molecular complexity index is 732. The number of aromatic amines is 1.